The quantitative estimate of drug-likeness (QED) is 0.737. The van der Waals surface area contributed by atoms with Gasteiger partial charge in [0, 0.05) is 6.54 Å². The Hall–Kier alpha value is -2.38. The van der Waals surface area contributed by atoms with Crippen LogP contribution in [0.3, 0.4) is 0 Å². The van der Waals surface area contributed by atoms with Gasteiger partial charge < -0.3 is 10.1 Å². The molecule has 0 fully saturated rings. The van der Waals surface area contributed by atoms with E-state index in [2.05, 4.69) is 10.0 Å². The molecular weight excluding hydrogens is 352 g/mol. The van der Waals surface area contributed by atoms with Gasteiger partial charge in [0.2, 0.25) is 15.9 Å². The number of carbonyl (C=O) groups is 1. The van der Waals surface area contributed by atoms with Crippen molar-refractivity contribution in [2.45, 2.75) is 25.2 Å². The first-order valence-corrected chi connectivity index (χ1v) is 9.77. The highest BCUT2D eigenvalue weighted by atomic mass is 32.2. The van der Waals surface area contributed by atoms with E-state index in [0.29, 0.717) is 18.5 Å². The van der Waals surface area contributed by atoms with Crippen LogP contribution in [0.1, 0.15) is 16.7 Å². The van der Waals surface area contributed by atoms with Gasteiger partial charge in [-0.25, -0.2) is 13.1 Å². The molecule has 2 aromatic carbocycles. The number of para-hydroxylation sites is 1. The fourth-order valence-corrected chi connectivity index (χ4v) is 3.85. The SMILES string of the molecule is COc1ccccc1CCNC(=O)CNS(=O)(=O)c1ccc(C)cc1C. The molecule has 0 spiro atoms. The molecule has 7 heteroatoms. The Morgan fingerprint density at radius 2 is 1.85 bits per heavy atom. The van der Waals surface area contributed by atoms with E-state index in [1.54, 1.807) is 32.2 Å². The Morgan fingerprint density at radius 3 is 2.54 bits per heavy atom. The van der Waals surface area contributed by atoms with E-state index in [-0.39, 0.29) is 17.3 Å². The van der Waals surface area contributed by atoms with E-state index in [9.17, 15) is 13.2 Å². The fourth-order valence-electron chi connectivity index (χ4n) is 2.65. The molecule has 0 saturated heterocycles. The lowest BCUT2D eigenvalue weighted by atomic mass is 10.1. The molecule has 0 radical (unpaired) electrons. The van der Waals surface area contributed by atoms with Crippen molar-refractivity contribution in [3.8, 4) is 5.75 Å². The first-order chi connectivity index (χ1) is 12.3. The van der Waals surface area contributed by atoms with Gasteiger partial charge in [-0.15, -0.1) is 0 Å². The van der Waals surface area contributed by atoms with Crippen molar-refractivity contribution in [1.29, 1.82) is 0 Å². The maximum atomic E-state index is 12.3. The van der Waals surface area contributed by atoms with Crippen molar-refractivity contribution in [2.24, 2.45) is 0 Å². The number of hydrogen-bond donors (Lipinski definition) is 2. The van der Waals surface area contributed by atoms with Crippen LogP contribution in [-0.4, -0.2) is 34.5 Å². The summed E-state index contributed by atoms with van der Waals surface area (Å²) >= 11 is 0. The number of sulfonamides is 1. The molecule has 26 heavy (non-hydrogen) atoms. The van der Waals surface area contributed by atoms with Crippen LogP contribution in [0.15, 0.2) is 47.4 Å². The fraction of sp³-hybridized carbons (Fsp3) is 0.316. The first kappa shape index (κ1) is 19.9. The van der Waals surface area contributed by atoms with Crippen LogP contribution in [0.25, 0.3) is 0 Å². The summed E-state index contributed by atoms with van der Waals surface area (Å²) in [5.74, 6) is 0.380. The minimum atomic E-state index is -3.72. The highest BCUT2D eigenvalue weighted by molar-refractivity contribution is 7.89. The van der Waals surface area contributed by atoms with Crippen LogP contribution in [0.2, 0.25) is 0 Å². The van der Waals surface area contributed by atoms with Gasteiger partial charge in [0.15, 0.2) is 0 Å². The predicted octanol–water partition coefficient (Wildman–Crippen LogP) is 1.95. The normalized spacial score (nSPS) is 11.2. The molecule has 0 aromatic heterocycles. The van der Waals surface area contributed by atoms with Crippen molar-refractivity contribution in [1.82, 2.24) is 10.0 Å². The Kier molecular flexibility index (Phi) is 6.76. The molecule has 0 atom stereocenters. The molecule has 0 unspecified atom stereocenters. The molecule has 2 rings (SSSR count). The standard InChI is InChI=1S/C19H24N2O4S/c1-14-8-9-18(15(2)12-14)26(23,24)21-13-19(22)20-11-10-16-6-4-5-7-17(16)25-3/h4-9,12,21H,10-11,13H2,1-3H3,(H,20,22). The number of methoxy groups -OCH3 is 1. The van der Waals surface area contributed by atoms with E-state index in [1.807, 2.05) is 31.2 Å². The molecule has 0 aliphatic rings. The van der Waals surface area contributed by atoms with Crippen molar-refractivity contribution in [3.05, 3.63) is 59.2 Å². The summed E-state index contributed by atoms with van der Waals surface area (Å²) in [5, 5.41) is 2.71. The zero-order valence-electron chi connectivity index (χ0n) is 15.2. The van der Waals surface area contributed by atoms with Crippen molar-refractivity contribution >= 4 is 15.9 Å². The zero-order chi connectivity index (χ0) is 19.2. The summed E-state index contributed by atoms with van der Waals surface area (Å²) in [6, 6.07) is 12.6. The lowest BCUT2D eigenvalue weighted by Gasteiger charge is -2.11. The minimum Gasteiger partial charge on any atom is -0.496 e. The molecule has 6 nitrogen and oxygen atoms in total. The molecule has 0 heterocycles. The average Bonchev–Trinajstić information content (AvgIpc) is 2.60. The Labute approximate surface area is 154 Å². The third-order valence-corrected chi connectivity index (χ3v) is 5.51. The van der Waals surface area contributed by atoms with Gasteiger partial charge >= 0.3 is 0 Å². The number of amides is 1. The van der Waals surface area contributed by atoms with Crippen LogP contribution in [0, 0.1) is 13.8 Å². The molecule has 140 valence electrons. The third-order valence-electron chi connectivity index (χ3n) is 3.95. The first-order valence-electron chi connectivity index (χ1n) is 8.29. The van der Waals surface area contributed by atoms with Crippen LogP contribution >= 0.6 is 0 Å². The topological polar surface area (TPSA) is 84.5 Å². The number of nitrogens with one attached hydrogen (secondary N) is 2. The van der Waals surface area contributed by atoms with Crippen molar-refractivity contribution in [2.75, 3.05) is 20.2 Å². The second-order valence-corrected chi connectivity index (χ2v) is 7.74. The second kappa shape index (κ2) is 8.82. The third kappa shape index (κ3) is 5.31. The molecule has 2 aromatic rings. The monoisotopic (exact) mass is 376 g/mol. The van der Waals surface area contributed by atoms with Crippen LogP contribution < -0.4 is 14.8 Å². The zero-order valence-corrected chi connectivity index (χ0v) is 16.0. The van der Waals surface area contributed by atoms with E-state index < -0.39 is 10.0 Å². The lowest BCUT2D eigenvalue weighted by molar-refractivity contribution is -0.119. The van der Waals surface area contributed by atoms with Gasteiger partial charge in [-0.05, 0) is 43.5 Å². The minimum absolute atomic E-state index is 0.185. The summed E-state index contributed by atoms with van der Waals surface area (Å²) < 4.78 is 32.3. The van der Waals surface area contributed by atoms with E-state index in [0.717, 1.165) is 16.9 Å². The van der Waals surface area contributed by atoms with Gasteiger partial charge in [-0.2, -0.15) is 0 Å². The Bertz CT molecular complexity index is 879. The second-order valence-electron chi connectivity index (χ2n) is 6.01. The summed E-state index contributed by atoms with van der Waals surface area (Å²) in [5.41, 5.74) is 2.61. The van der Waals surface area contributed by atoms with Gasteiger partial charge in [-0.1, -0.05) is 35.9 Å². The Morgan fingerprint density at radius 1 is 1.12 bits per heavy atom. The van der Waals surface area contributed by atoms with Crippen LogP contribution in [0.5, 0.6) is 5.75 Å². The summed E-state index contributed by atoms with van der Waals surface area (Å²) in [6.07, 6.45) is 0.597. The molecule has 2 N–H and O–H groups in total. The maximum Gasteiger partial charge on any atom is 0.241 e. The number of aryl methyl sites for hydroxylation is 2. The van der Waals surface area contributed by atoms with Crippen LogP contribution in [-0.2, 0) is 21.2 Å². The van der Waals surface area contributed by atoms with Crippen molar-refractivity contribution in [3.63, 3.8) is 0 Å². The average molecular weight is 376 g/mol. The summed E-state index contributed by atoms with van der Waals surface area (Å²) in [7, 11) is -2.12. The summed E-state index contributed by atoms with van der Waals surface area (Å²) in [4.78, 5) is 12.1. The smallest absolute Gasteiger partial charge is 0.241 e. The van der Waals surface area contributed by atoms with Gasteiger partial charge in [0.25, 0.3) is 0 Å². The number of ether oxygens (including phenoxy) is 1. The van der Waals surface area contributed by atoms with Gasteiger partial charge in [0.05, 0.1) is 18.6 Å². The molecule has 0 aliphatic heterocycles. The molecule has 0 saturated carbocycles. The highest BCUT2D eigenvalue weighted by Crippen LogP contribution is 2.17. The molecule has 0 aliphatic carbocycles. The van der Waals surface area contributed by atoms with Gasteiger partial charge in [-0.3, -0.25) is 4.79 Å². The van der Waals surface area contributed by atoms with E-state index in [1.165, 1.54) is 0 Å². The lowest BCUT2D eigenvalue weighted by Crippen LogP contribution is -2.37. The van der Waals surface area contributed by atoms with E-state index >= 15 is 0 Å². The number of rotatable bonds is 8. The number of benzene rings is 2. The summed E-state index contributed by atoms with van der Waals surface area (Å²) in [6.45, 7) is 3.72. The van der Waals surface area contributed by atoms with Gasteiger partial charge in [0.1, 0.15) is 5.75 Å². The molecule has 0 bridgehead atoms. The number of hydrogen-bond acceptors (Lipinski definition) is 4. The van der Waals surface area contributed by atoms with E-state index in [4.69, 9.17) is 4.74 Å². The largest absolute Gasteiger partial charge is 0.496 e. The number of carbonyl (C=O) groups excluding carboxylic acids is 1. The molecular formula is C19H24N2O4S. The Balaban J connectivity index is 1.86. The highest BCUT2D eigenvalue weighted by Gasteiger charge is 2.17. The van der Waals surface area contributed by atoms with Crippen LogP contribution in [0.4, 0.5) is 0 Å². The predicted molar refractivity (Wildman–Crippen MR) is 101 cm³/mol. The molecule has 1 amide bonds. The maximum absolute atomic E-state index is 12.3. The van der Waals surface area contributed by atoms with Crippen molar-refractivity contribution < 1.29 is 17.9 Å².